The zero-order valence-corrected chi connectivity index (χ0v) is 5.63. The fourth-order valence-electron chi connectivity index (χ4n) is 1.17. The maximum atomic E-state index is 9.88. The molecular formula is C7H12NO. The third kappa shape index (κ3) is 1.44. The summed E-state index contributed by atoms with van der Waals surface area (Å²) in [6, 6.07) is 0.462. The number of rotatable bonds is 3. The fourth-order valence-corrected chi connectivity index (χ4v) is 1.17. The highest BCUT2D eigenvalue weighted by Gasteiger charge is 2.26. The van der Waals surface area contributed by atoms with Crippen molar-refractivity contribution in [2.75, 3.05) is 0 Å². The van der Waals surface area contributed by atoms with Crippen molar-refractivity contribution in [2.45, 2.75) is 25.8 Å². The molecule has 2 nitrogen and oxygen atoms in total. The van der Waals surface area contributed by atoms with Gasteiger partial charge in [-0.25, -0.2) is 0 Å². The minimum Gasteiger partial charge on any atom is -0.356 e. The lowest BCUT2D eigenvalue weighted by Crippen LogP contribution is -2.40. The molecule has 0 aliphatic heterocycles. The van der Waals surface area contributed by atoms with Gasteiger partial charge in [-0.15, -0.1) is 0 Å². The lowest BCUT2D eigenvalue weighted by Gasteiger charge is -2.33. The molecule has 1 aliphatic rings. The predicted molar refractivity (Wildman–Crippen MR) is 35.7 cm³/mol. The molecule has 0 bridgehead atoms. The first-order valence-electron chi connectivity index (χ1n) is 3.36. The van der Waals surface area contributed by atoms with Crippen LogP contribution in [0, 0.1) is 12.3 Å². The van der Waals surface area contributed by atoms with Crippen molar-refractivity contribution in [3.8, 4) is 0 Å². The highest BCUT2D eigenvalue weighted by Crippen LogP contribution is 2.28. The summed E-state index contributed by atoms with van der Waals surface area (Å²) in [6.45, 7) is 2.07. The predicted octanol–water partition coefficient (Wildman–Crippen LogP) is 0.735. The zero-order chi connectivity index (χ0) is 6.69. The number of amides is 1. The van der Waals surface area contributed by atoms with E-state index in [-0.39, 0.29) is 0 Å². The molecule has 0 spiro atoms. The van der Waals surface area contributed by atoms with E-state index < -0.39 is 0 Å². The highest BCUT2D eigenvalue weighted by atomic mass is 16.1. The summed E-state index contributed by atoms with van der Waals surface area (Å²) in [5, 5.41) is 2.75. The van der Waals surface area contributed by atoms with E-state index in [0.29, 0.717) is 6.04 Å². The maximum Gasteiger partial charge on any atom is 0.207 e. The van der Waals surface area contributed by atoms with Gasteiger partial charge in [-0.2, -0.15) is 0 Å². The number of hydrogen-bond acceptors (Lipinski definition) is 1. The summed E-state index contributed by atoms with van der Waals surface area (Å²) in [6.07, 6.45) is 5.25. The van der Waals surface area contributed by atoms with E-state index in [2.05, 4.69) is 18.7 Å². The van der Waals surface area contributed by atoms with Crippen LogP contribution in [0.3, 0.4) is 0 Å². The molecule has 1 radical (unpaired) electrons. The largest absolute Gasteiger partial charge is 0.356 e. The average molecular weight is 126 g/mol. The number of hydrogen-bond donors (Lipinski definition) is 1. The van der Waals surface area contributed by atoms with E-state index in [1.54, 1.807) is 0 Å². The summed E-state index contributed by atoms with van der Waals surface area (Å²) < 4.78 is 0. The summed E-state index contributed by atoms with van der Waals surface area (Å²) >= 11 is 0. The van der Waals surface area contributed by atoms with Gasteiger partial charge in [-0.3, -0.25) is 4.79 Å². The quantitative estimate of drug-likeness (QED) is 0.555. The second-order valence-electron chi connectivity index (χ2n) is 2.55. The van der Waals surface area contributed by atoms with Gasteiger partial charge >= 0.3 is 0 Å². The van der Waals surface area contributed by atoms with Crippen LogP contribution < -0.4 is 5.32 Å². The van der Waals surface area contributed by atoms with Crippen LogP contribution in [0.1, 0.15) is 19.8 Å². The van der Waals surface area contributed by atoms with E-state index in [9.17, 15) is 4.79 Å². The second-order valence-corrected chi connectivity index (χ2v) is 2.55. The SMILES string of the molecule is C[CH]C1CC(NC=O)C1. The van der Waals surface area contributed by atoms with Gasteiger partial charge in [0.1, 0.15) is 0 Å². The van der Waals surface area contributed by atoms with E-state index in [0.717, 1.165) is 25.2 Å². The third-order valence-electron chi connectivity index (χ3n) is 1.95. The molecule has 0 aromatic rings. The van der Waals surface area contributed by atoms with Crippen LogP contribution in [-0.2, 0) is 4.79 Å². The Hall–Kier alpha value is -0.530. The Labute approximate surface area is 55.6 Å². The Balaban J connectivity index is 2.04. The maximum absolute atomic E-state index is 9.88. The highest BCUT2D eigenvalue weighted by molar-refractivity contribution is 5.47. The summed E-state index contributed by atoms with van der Waals surface area (Å²) in [5.41, 5.74) is 0. The first-order chi connectivity index (χ1) is 4.36. The molecule has 0 aromatic heterocycles. The van der Waals surface area contributed by atoms with E-state index in [1.807, 2.05) is 0 Å². The van der Waals surface area contributed by atoms with Crippen LogP contribution in [0.2, 0.25) is 0 Å². The molecule has 1 N–H and O–H groups in total. The Kier molecular flexibility index (Phi) is 2.09. The molecule has 1 aliphatic carbocycles. The first kappa shape index (κ1) is 6.59. The first-order valence-corrected chi connectivity index (χ1v) is 3.36. The monoisotopic (exact) mass is 126 g/mol. The van der Waals surface area contributed by atoms with Crippen LogP contribution >= 0.6 is 0 Å². The van der Waals surface area contributed by atoms with Gasteiger partial charge in [0.2, 0.25) is 6.41 Å². The lowest BCUT2D eigenvalue weighted by molar-refractivity contribution is -0.110. The molecule has 9 heavy (non-hydrogen) atoms. The molecule has 2 heteroatoms. The summed E-state index contributed by atoms with van der Waals surface area (Å²) in [7, 11) is 0. The van der Waals surface area contributed by atoms with Gasteiger partial charge in [-0.05, 0) is 25.2 Å². The molecule has 0 heterocycles. The smallest absolute Gasteiger partial charge is 0.207 e. The third-order valence-corrected chi connectivity index (χ3v) is 1.95. The summed E-state index contributed by atoms with van der Waals surface area (Å²) in [4.78, 5) is 9.88. The Bertz CT molecular complexity index is 97.1. The molecule has 1 rings (SSSR count). The van der Waals surface area contributed by atoms with E-state index in [4.69, 9.17) is 0 Å². The zero-order valence-electron chi connectivity index (χ0n) is 5.63. The molecule has 1 saturated carbocycles. The van der Waals surface area contributed by atoms with E-state index in [1.165, 1.54) is 0 Å². The fraction of sp³-hybridized carbons (Fsp3) is 0.714. The van der Waals surface area contributed by atoms with Crippen LogP contribution in [0.25, 0.3) is 0 Å². The van der Waals surface area contributed by atoms with Gasteiger partial charge in [-0.1, -0.05) is 6.92 Å². The Morgan fingerprint density at radius 2 is 2.22 bits per heavy atom. The van der Waals surface area contributed by atoms with Crippen molar-refractivity contribution in [1.82, 2.24) is 5.32 Å². The molecule has 0 unspecified atom stereocenters. The van der Waals surface area contributed by atoms with E-state index >= 15 is 0 Å². The topological polar surface area (TPSA) is 29.1 Å². The van der Waals surface area contributed by atoms with Crippen molar-refractivity contribution >= 4 is 6.41 Å². The lowest BCUT2D eigenvalue weighted by atomic mass is 9.79. The Morgan fingerprint density at radius 1 is 1.56 bits per heavy atom. The van der Waals surface area contributed by atoms with Crippen LogP contribution in [0.15, 0.2) is 0 Å². The molecule has 0 saturated heterocycles. The van der Waals surface area contributed by atoms with Gasteiger partial charge < -0.3 is 5.32 Å². The standard InChI is InChI=1S/C7H12NO/c1-2-6-3-7(4-6)8-5-9/h2,5-7H,3-4H2,1H3,(H,8,9). The number of nitrogens with one attached hydrogen (secondary N) is 1. The van der Waals surface area contributed by atoms with Crippen molar-refractivity contribution in [3.63, 3.8) is 0 Å². The Morgan fingerprint density at radius 3 is 2.67 bits per heavy atom. The van der Waals surface area contributed by atoms with Crippen molar-refractivity contribution in [2.24, 2.45) is 5.92 Å². The second kappa shape index (κ2) is 2.85. The molecular weight excluding hydrogens is 114 g/mol. The van der Waals surface area contributed by atoms with Crippen LogP contribution in [0.5, 0.6) is 0 Å². The minimum atomic E-state index is 0.462. The van der Waals surface area contributed by atoms with Gasteiger partial charge in [0.05, 0.1) is 0 Å². The number of carbonyl (C=O) groups is 1. The van der Waals surface area contributed by atoms with Gasteiger partial charge in [0.25, 0.3) is 0 Å². The average Bonchev–Trinajstić information content (AvgIpc) is 1.77. The van der Waals surface area contributed by atoms with Crippen molar-refractivity contribution in [3.05, 3.63) is 6.42 Å². The molecule has 0 atom stereocenters. The van der Waals surface area contributed by atoms with Gasteiger partial charge in [0, 0.05) is 6.04 Å². The normalized spacial score (nSPS) is 33.0. The minimum absolute atomic E-state index is 0.462. The van der Waals surface area contributed by atoms with Crippen molar-refractivity contribution in [1.29, 1.82) is 0 Å². The number of carbonyl (C=O) groups excluding carboxylic acids is 1. The molecule has 51 valence electrons. The molecule has 1 fully saturated rings. The summed E-state index contributed by atoms with van der Waals surface area (Å²) in [5.74, 6) is 0.752. The van der Waals surface area contributed by atoms with Gasteiger partial charge in [0.15, 0.2) is 0 Å². The van der Waals surface area contributed by atoms with Crippen LogP contribution in [-0.4, -0.2) is 12.5 Å². The van der Waals surface area contributed by atoms with Crippen molar-refractivity contribution < 1.29 is 4.79 Å². The molecule has 1 amide bonds. The molecule has 0 aromatic carbocycles. The van der Waals surface area contributed by atoms with Crippen LogP contribution in [0.4, 0.5) is 0 Å².